The Labute approximate surface area is 158 Å². The number of anilines is 4. The highest BCUT2D eigenvalue weighted by Crippen LogP contribution is 2.29. The number of nitrogens with two attached hydrogens (primary N) is 1. The van der Waals surface area contributed by atoms with Crippen molar-refractivity contribution in [3.8, 4) is 0 Å². The summed E-state index contributed by atoms with van der Waals surface area (Å²) in [4.78, 5) is 23.2. The average Bonchev–Trinajstić information content (AvgIpc) is 2.68. The van der Waals surface area contributed by atoms with E-state index in [1.54, 1.807) is 12.1 Å². The molecule has 0 aliphatic rings. The molecule has 0 atom stereocenters. The van der Waals surface area contributed by atoms with Crippen LogP contribution in [-0.4, -0.2) is 12.2 Å². The van der Waals surface area contributed by atoms with Crippen molar-refractivity contribution in [1.29, 1.82) is 0 Å². The number of nitrogen functional groups attached to an aromatic ring is 1. The molecule has 0 heterocycles. The van der Waals surface area contributed by atoms with Gasteiger partial charge in [-0.2, -0.15) is 0 Å². The van der Waals surface area contributed by atoms with E-state index in [4.69, 9.17) is 5.73 Å². The van der Waals surface area contributed by atoms with Gasteiger partial charge in [0, 0.05) is 23.4 Å². The van der Waals surface area contributed by atoms with Crippen molar-refractivity contribution in [3.05, 3.63) is 83.4 Å². The first-order valence-corrected chi connectivity index (χ1v) is 8.63. The number of aldehydes is 1. The van der Waals surface area contributed by atoms with Crippen LogP contribution in [0.2, 0.25) is 0 Å². The predicted molar refractivity (Wildman–Crippen MR) is 109 cm³/mol. The van der Waals surface area contributed by atoms with Crippen LogP contribution in [-0.2, 0) is 11.2 Å². The van der Waals surface area contributed by atoms with E-state index in [0.717, 1.165) is 28.8 Å². The minimum atomic E-state index is -0.169. The summed E-state index contributed by atoms with van der Waals surface area (Å²) in [6, 6.07) is 20.2. The molecule has 0 fully saturated rings. The molecule has 0 unspecified atom stereocenters. The maximum absolute atomic E-state index is 12.4. The molecule has 0 bridgehead atoms. The number of carbonyl (C=O) groups excluding carboxylic acids is 2. The molecule has 0 spiro atoms. The zero-order chi connectivity index (χ0) is 19.2. The van der Waals surface area contributed by atoms with Gasteiger partial charge >= 0.3 is 0 Å². The molecule has 1 amide bonds. The summed E-state index contributed by atoms with van der Waals surface area (Å²) in [5.41, 5.74) is 11.3. The summed E-state index contributed by atoms with van der Waals surface area (Å²) in [5.74, 6) is -0.169. The molecule has 0 aliphatic heterocycles. The third-order valence-electron chi connectivity index (χ3n) is 4.30. The van der Waals surface area contributed by atoms with Crippen molar-refractivity contribution in [2.75, 3.05) is 16.4 Å². The van der Waals surface area contributed by atoms with Crippen LogP contribution < -0.4 is 16.4 Å². The standard InChI is InChI=1S/C22H21N3O2/c1-15-10-11-18(24-22(27)17-6-3-2-4-7-17)14-20(15)25-19-9-5-8-16(12-13-26)21(19)23/h2-11,13-14,25H,12,23H2,1H3,(H,24,27). The smallest absolute Gasteiger partial charge is 0.255 e. The molecule has 0 saturated heterocycles. The second-order valence-corrected chi connectivity index (χ2v) is 6.22. The lowest BCUT2D eigenvalue weighted by atomic mass is 10.1. The van der Waals surface area contributed by atoms with Crippen LogP contribution in [0.1, 0.15) is 21.5 Å². The number of rotatable bonds is 6. The number of hydrogen-bond donors (Lipinski definition) is 3. The van der Waals surface area contributed by atoms with E-state index in [1.807, 2.05) is 61.5 Å². The minimum absolute atomic E-state index is 0.169. The number of nitrogens with one attached hydrogen (secondary N) is 2. The average molecular weight is 359 g/mol. The molecule has 0 radical (unpaired) electrons. The van der Waals surface area contributed by atoms with Gasteiger partial charge in [-0.1, -0.05) is 36.4 Å². The summed E-state index contributed by atoms with van der Waals surface area (Å²) in [6.07, 6.45) is 1.11. The van der Waals surface area contributed by atoms with E-state index in [0.29, 0.717) is 16.9 Å². The van der Waals surface area contributed by atoms with Gasteiger partial charge in [-0.15, -0.1) is 0 Å². The first kappa shape index (κ1) is 18.2. The topological polar surface area (TPSA) is 84.2 Å². The van der Waals surface area contributed by atoms with Gasteiger partial charge in [0.05, 0.1) is 11.4 Å². The lowest BCUT2D eigenvalue weighted by molar-refractivity contribution is -0.107. The number of aryl methyl sites for hydroxylation is 1. The molecule has 5 nitrogen and oxygen atoms in total. The Hall–Kier alpha value is -3.60. The Bertz CT molecular complexity index is 969. The van der Waals surface area contributed by atoms with E-state index >= 15 is 0 Å². The van der Waals surface area contributed by atoms with Gasteiger partial charge in [0.15, 0.2) is 0 Å². The van der Waals surface area contributed by atoms with Crippen LogP contribution in [0.5, 0.6) is 0 Å². The fourth-order valence-corrected chi connectivity index (χ4v) is 2.76. The highest BCUT2D eigenvalue weighted by Gasteiger charge is 2.09. The molecule has 27 heavy (non-hydrogen) atoms. The fourth-order valence-electron chi connectivity index (χ4n) is 2.76. The van der Waals surface area contributed by atoms with Crippen LogP contribution >= 0.6 is 0 Å². The summed E-state index contributed by atoms with van der Waals surface area (Å²) >= 11 is 0. The monoisotopic (exact) mass is 359 g/mol. The maximum Gasteiger partial charge on any atom is 0.255 e. The van der Waals surface area contributed by atoms with Crippen molar-refractivity contribution in [2.45, 2.75) is 13.3 Å². The predicted octanol–water partition coefficient (Wildman–Crippen LogP) is 4.31. The van der Waals surface area contributed by atoms with Crippen LogP contribution in [0.4, 0.5) is 22.7 Å². The van der Waals surface area contributed by atoms with Gasteiger partial charge in [-0.3, -0.25) is 4.79 Å². The van der Waals surface area contributed by atoms with E-state index in [1.165, 1.54) is 0 Å². The van der Waals surface area contributed by atoms with Crippen molar-refractivity contribution in [3.63, 3.8) is 0 Å². The van der Waals surface area contributed by atoms with Gasteiger partial charge in [-0.05, 0) is 48.4 Å². The zero-order valence-electron chi connectivity index (χ0n) is 15.0. The molecule has 3 aromatic carbocycles. The van der Waals surface area contributed by atoms with Gasteiger partial charge in [0.1, 0.15) is 6.29 Å². The zero-order valence-corrected chi connectivity index (χ0v) is 15.0. The van der Waals surface area contributed by atoms with Gasteiger partial charge < -0.3 is 21.2 Å². The van der Waals surface area contributed by atoms with Crippen LogP contribution in [0.3, 0.4) is 0 Å². The Morgan fingerprint density at radius 2 is 1.78 bits per heavy atom. The maximum atomic E-state index is 12.4. The Morgan fingerprint density at radius 1 is 1.00 bits per heavy atom. The minimum Gasteiger partial charge on any atom is -0.397 e. The van der Waals surface area contributed by atoms with Gasteiger partial charge in [0.25, 0.3) is 5.91 Å². The molecule has 3 aromatic rings. The molecular formula is C22H21N3O2. The van der Waals surface area contributed by atoms with Crippen LogP contribution in [0.25, 0.3) is 0 Å². The second kappa shape index (κ2) is 8.19. The molecule has 0 aromatic heterocycles. The van der Waals surface area contributed by atoms with Gasteiger partial charge in [0.2, 0.25) is 0 Å². The molecule has 0 aliphatic carbocycles. The van der Waals surface area contributed by atoms with E-state index in [-0.39, 0.29) is 12.3 Å². The first-order valence-electron chi connectivity index (χ1n) is 8.63. The van der Waals surface area contributed by atoms with E-state index in [2.05, 4.69) is 10.6 Å². The lowest BCUT2D eigenvalue weighted by Gasteiger charge is -2.15. The highest BCUT2D eigenvalue weighted by molar-refractivity contribution is 6.04. The first-order chi connectivity index (χ1) is 13.1. The highest BCUT2D eigenvalue weighted by atomic mass is 16.1. The molecule has 3 rings (SSSR count). The molecular weight excluding hydrogens is 338 g/mol. The molecule has 136 valence electrons. The summed E-state index contributed by atoms with van der Waals surface area (Å²) < 4.78 is 0. The normalized spacial score (nSPS) is 10.3. The van der Waals surface area contributed by atoms with Crippen LogP contribution in [0.15, 0.2) is 66.7 Å². The summed E-state index contributed by atoms with van der Waals surface area (Å²) in [5, 5.41) is 6.20. The molecule has 5 heteroatoms. The van der Waals surface area contributed by atoms with Gasteiger partial charge in [-0.25, -0.2) is 0 Å². The Morgan fingerprint density at radius 3 is 2.52 bits per heavy atom. The van der Waals surface area contributed by atoms with Crippen molar-refractivity contribution in [2.24, 2.45) is 0 Å². The van der Waals surface area contributed by atoms with Crippen LogP contribution in [0, 0.1) is 6.92 Å². The van der Waals surface area contributed by atoms with E-state index in [9.17, 15) is 9.59 Å². The quantitative estimate of drug-likeness (QED) is 0.452. The summed E-state index contributed by atoms with van der Waals surface area (Å²) in [7, 11) is 0. The lowest BCUT2D eigenvalue weighted by Crippen LogP contribution is -2.12. The number of benzene rings is 3. The number of carbonyl (C=O) groups is 2. The third kappa shape index (κ3) is 4.33. The van der Waals surface area contributed by atoms with E-state index < -0.39 is 0 Å². The fraction of sp³-hybridized carbons (Fsp3) is 0.0909. The van der Waals surface area contributed by atoms with Crippen molar-refractivity contribution >= 4 is 34.9 Å². The Balaban J connectivity index is 1.83. The molecule has 0 saturated carbocycles. The molecule has 4 N–H and O–H groups in total. The second-order valence-electron chi connectivity index (χ2n) is 6.22. The Kier molecular flexibility index (Phi) is 5.52. The van der Waals surface area contributed by atoms with Crippen molar-refractivity contribution < 1.29 is 9.59 Å². The number of para-hydroxylation sites is 1. The third-order valence-corrected chi connectivity index (χ3v) is 4.30. The largest absolute Gasteiger partial charge is 0.397 e. The number of hydrogen-bond acceptors (Lipinski definition) is 4. The summed E-state index contributed by atoms with van der Waals surface area (Å²) in [6.45, 7) is 1.97. The SMILES string of the molecule is Cc1ccc(NC(=O)c2ccccc2)cc1Nc1cccc(CC=O)c1N. The number of amides is 1. The van der Waals surface area contributed by atoms with Crippen molar-refractivity contribution in [1.82, 2.24) is 0 Å².